The molecular formula is C24H30N2O5. The summed E-state index contributed by atoms with van der Waals surface area (Å²) in [6, 6.07) is 12.5. The molecule has 1 aliphatic heterocycles. The van der Waals surface area contributed by atoms with Crippen LogP contribution in [0.1, 0.15) is 42.2 Å². The normalized spacial score (nSPS) is 13.8. The van der Waals surface area contributed by atoms with Crippen molar-refractivity contribution in [1.29, 1.82) is 0 Å². The van der Waals surface area contributed by atoms with Crippen molar-refractivity contribution >= 4 is 17.6 Å². The van der Waals surface area contributed by atoms with Gasteiger partial charge in [-0.15, -0.1) is 0 Å². The van der Waals surface area contributed by atoms with Crippen molar-refractivity contribution in [3.8, 4) is 11.5 Å². The first-order valence-electron chi connectivity index (χ1n) is 10.5. The number of hydrogen-bond acceptors (Lipinski definition) is 6. The van der Waals surface area contributed by atoms with Crippen molar-refractivity contribution < 1.29 is 23.8 Å². The number of anilines is 1. The predicted molar refractivity (Wildman–Crippen MR) is 119 cm³/mol. The summed E-state index contributed by atoms with van der Waals surface area (Å²) in [7, 11) is 3.78. The second kappa shape index (κ2) is 10.2. The molecule has 0 unspecified atom stereocenters. The molecule has 1 aliphatic rings. The fraction of sp³-hybridized carbons (Fsp3) is 0.417. The van der Waals surface area contributed by atoms with Crippen LogP contribution in [0, 0.1) is 5.92 Å². The number of benzene rings is 2. The van der Waals surface area contributed by atoms with Crippen LogP contribution < -0.4 is 19.7 Å². The van der Waals surface area contributed by atoms with Gasteiger partial charge in [0, 0.05) is 26.2 Å². The summed E-state index contributed by atoms with van der Waals surface area (Å²) in [5.41, 5.74) is 2.20. The molecule has 0 aromatic heterocycles. The Hall–Kier alpha value is -3.22. The Kier molecular flexibility index (Phi) is 7.39. The average Bonchev–Trinajstić information content (AvgIpc) is 3.00. The van der Waals surface area contributed by atoms with E-state index in [2.05, 4.69) is 5.32 Å². The average molecular weight is 427 g/mol. The van der Waals surface area contributed by atoms with Crippen molar-refractivity contribution in [2.75, 3.05) is 38.8 Å². The lowest BCUT2D eigenvalue weighted by Gasteiger charge is -2.24. The van der Waals surface area contributed by atoms with Crippen LogP contribution in [0.2, 0.25) is 0 Å². The van der Waals surface area contributed by atoms with Crippen LogP contribution in [-0.2, 0) is 9.53 Å². The molecule has 0 aliphatic carbocycles. The van der Waals surface area contributed by atoms with Crippen molar-refractivity contribution in [3.05, 3.63) is 53.6 Å². The number of esters is 1. The standard InChI is InChI=1S/C24H30N2O5/c1-16(2)23(17-9-10-20-21(14-17)30-12-6-11-29-20)25-22(27)15-31-24(28)18-7-5-8-19(13-18)26(3)4/h5,7-10,13-14,16,23H,6,11-12,15H2,1-4H3,(H,25,27)/t23-/m0/s1. The van der Waals surface area contributed by atoms with E-state index in [0.29, 0.717) is 30.3 Å². The molecule has 0 saturated heterocycles. The number of rotatable bonds is 7. The summed E-state index contributed by atoms with van der Waals surface area (Å²) in [5, 5.41) is 2.97. The van der Waals surface area contributed by atoms with Crippen molar-refractivity contribution in [2.45, 2.75) is 26.3 Å². The van der Waals surface area contributed by atoms with Gasteiger partial charge in [-0.25, -0.2) is 4.79 Å². The van der Waals surface area contributed by atoms with E-state index >= 15 is 0 Å². The zero-order chi connectivity index (χ0) is 22.4. The number of carbonyl (C=O) groups is 2. The molecule has 2 aromatic rings. The van der Waals surface area contributed by atoms with Crippen molar-refractivity contribution in [2.24, 2.45) is 5.92 Å². The summed E-state index contributed by atoms with van der Waals surface area (Å²) in [4.78, 5) is 26.8. The van der Waals surface area contributed by atoms with Crippen molar-refractivity contribution in [1.82, 2.24) is 5.32 Å². The third-order valence-corrected chi connectivity index (χ3v) is 5.05. The van der Waals surface area contributed by atoms with E-state index in [-0.39, 0.29) is 24.5 Å². The van der Waals surface area contributed by atoms with E-state index < -0.39 is 5.97 Å². The van der Waals surface area contributed by atoms with Crippen LogP contribution in [0.15, 0.2) is 42.5 Å². The molecule has 0 bridgehead atoms. The molecule has 0 fully saturated rings. The van der Waals surface area contributed by atoms with Gasteiger partial charge in [0.05, 0.1) is 24.8 Å². The largest absolute Gasteiger partial charge is 0.490 e. The maximum absolute atomic E-state index is 12.5. The summed E-state index contributed by atoms with van der Waals surface area (Å²) < 4.78 is 16.7. The summed E-state index contributed by atoms with van der Waals surface area (Å²) >= 11 is 0. The maximum Gasteiger partial charge on any atom is 0.338 e. The van der Waals surface area contributed by atoms with Crippen LogP contribution in [0.25, 0.3) is 0 Å². The number of carbonyl (C=O) groups excluding carboxylic acids is 2. The van der Waals surface area contributed by atoms with Gasteiger partial charge in [-0.3, -0.25) is 4.79 Å². The highest BCUT2D eigenvalue weighted by atomic mass is 16.5. The van der Waals surface area contributed by atoms with Gasteiger partial charge in [0.25, 0.3) is 5.91 Å². The molecule has 1 N–H and O–H groups in total. The monoisotopic (exact) mass is 426 g/mol. The zero-order valence-corrected chi connectivity index (χ0v) is 18.5. The lowest BCUT2D eigenvalue weighted by molar-refractivity contribution is -0.125. The van der Waals surface area contributed by atoms with Crippen LogP contribution >= 0.6 is 0 Å². The van der Waals surface area contributed by atoms with Crippen molar-refractivity contribution in [3.63, 3.8) is 0 Å². The molecule has 7 nitrogen and oxygen atoms in total. The first-order chi connectivity index (χ1) is 14.8. The SMILES string of the molecule is CC(C)[C@H](NC(=O)COC(=O)c1cccc(N(C)C)c1)c1ccc2c(c1)OCCCO2. The summed E-state index contributed by atoms with van der Waals surface area (Å²) in [5.74, 6) is 0.630. The van der Waals surface area contributed by atoms with E-state index in [4.69, 9.17) is 14.2 Å². The van der Waals surface area contributed by atoms with Gasteiger partial charge in [-0.1, -0.05) is 26.0 Å². The first kappa shape index (κ1) is 22.5. The highest BCUT2D eigenvalue weighted by molar-refractivity contribution is 5.92. The van der Waals surface area contributed by atoms with Gasteiger partial charge in [0.1, 0.15) is 0 Å². The van der Waals surface area contributed by atoms with Crippen LogP contribution in [0.5, 0.6) is 11.5 Å². The number of ether oxygens (including phenoxy) is 3. The van der Waals surface area contributed by atoms with Crippen LogP contribution in [-0.4, -0.2) is 45.8 Å². The minimum Gasteiger partial charge on any atom is -0.490 e. The quantitative estimate of drug-likeness (QED) is 0.682. The maximum atomic E-state index is 12.5. The van der Waals surface area contributed by atoms with Gasteiger partial charge in [0.2, 0.25) is 0 Å². The van der Waals surface area contributed by atoms with E-state index in [0.717, 1.165) is 17.7 Å². The second-order valence-electron chi connectivity index (χ2n) is 8.07. The smallest absolute Gasteiger partial charge is 0.338 e. The van der Waals surface area contributed by atoms with E-state index in [1.807, 2.05) is 57.1 Å². The number of hydrogen-bond donors (Lipinski definition) is 1. The molecule has 1 amide bonds. The predicted octanol–water partition coefficient (Wildman–Crippen LogP) is 3.58. The molecule has 31 heavy (non-hydrogen) atoms. The topological polar surface area (TPSA) is 77.1 Å². The van der Waals surface area contributed by atoms with Gasteiger partial charge in [-0.05, 0) is 41.8 Å². The van der Waals surface area contributed by atoms with Gasteiger partial charge < -0.3 is 24.4 Å². The Labute approximate surface area is 183 Å². The van der Waals surface area contributed by atoms with Crippen LogP contribution in [0.3, 0.4) is 0 Å². The third-order valence-electron chi connectivity index (χ3n) is 5.05. The Balaban J connectivity index is 1.63. The first-order valence-corrected chi connectivity index (χ1v) is 10.5. The van der Waals surface area contributed by atoms with E-state index in [1.54, 1.807) is 18.2 Å². The Morgan fingerprint density at radius 1 is 1.06 bits per heavy atom. The Morgan fingerprint density at radius 3 is 2.52 bits per heavy atom. The Bertz CT molecular complexity index is 926. The molecule has 7 heteroatoms. The van der Waals surface area contributed by atoms with Gasteiger partial charge in [0.15, 0.2) is 18.1 Å². The molecule has 166 valence electrons. The fourth-order valence-electron chi connectivity index (χ4n) is 3.35. The third kappa shape index (κ3) is 5.90. The highest BCUT2D eigenvalue weighted by Crippen LogP contribution is 2.34. The Morgan fingerprint density at radius 2 is 1.81 bits per heavy atom. The second-order valence-corrected chi connectivity index (χ2v) is 8.07. The lowest BCUT2D eigenvalue weighted by Crippen LogP contribution is -2.35. The molecule has 1 heterocycles. The number of amides is 1. The zero-order valence-electron chi connectivity index (χ0n) is 18.5. The molecule has 2 aromatic carbocycles. The fourth-order valence-corrected chi connectivity index (χ4v) is 3.35. The van der Waals surface area contributed by atoms with E-state index in [1.165, 1.54) is 0 Å². The molecular weight excluding hydrogens is 396 g/mol. The number of nitrogens with one attached hydrogen (secondary N) is 1. The molecule has 0 saturated carbocycles. The minimum atomic E-state index is -0.532. The summed E-state index contributed by atoms with van der Waals surface area (Å²) in [6.07, 6.45) is 0.831. The number of fused-ring (bicyclic) bond motifs is 1. The molecule has 0 spiro atoms. The highest BCUT2D eigenvalue weighted by Gasteiger charge is 2.22. The van der Waals surface area contributed by atoms with Crippen LogP contribution in [0.4, 0.5) is 5.69 Å². The molecule has 1 atom stereocenters. The summed E-state index contributed by atoms with van der Waals surface area (Å²) in [6.45, 7) is 4.91. The van der Waals surface area contributed by atoms with Gasteiger partial charge >= 0.3 is 5.97 Å². The number of nitrogens with zero attached hydrogens (tertiary/aromatic N) is 1. The lowest BCUT2D eigenvalue weighted by atomic mass is 9.95. The molecule has 0 radical (unpaired) electrons. The minimum absolute atomic E-state index is 0.126. The van der Waals surface area contributed by atoms with E-state index in [9.17, 15) is 9.59 Å². The van der Waals surface area contributed by atoms with Gasteiger partial charge in [-0.2, -0.15) is 0 Å². The molecule has 3 rings (SSSR count).